The Morgan fingerprint density at radius 2 is 1.33 bits per heavy atom. The third-order valence-corrected chi connectivity index (χ3v) is 4.41. The summed E-state index contributed by atoms with van der Waals surface area (Å²) in [5, 5.41) is 0. The molecule has 3 nitrogen and oxygen atoms in total. The fourth-order valence-electron chi connectivity index (χ4n) is 3.14. The van der Waals surface area contributed by atoms with Crippen molar-refractivity contribution in [1.29, 1.82) is 0 Å². The molecule has 0 aliphatic carbocycles. The maximum atomic E-state index is 4.87. The largest absolute Gasteiger partial charge is 0.337 e. The van der Waals surface area contributed by atoms with Gasteiger partial charge in [-0.25, -0.2) is 4.98 Å². The van der Waals surface area contributed by atoms with Crippen molar-refractivity contribution in [3.8, 4) is 22.3 Å². The van der Waals surface area contributed by atoms with Gasteiger partial charge in [0.1, 0.15) is 5.82 Å². The Hall–Kier alpha value is -3.20. The second-order valence-electron chi connectivity index (χ2n) is 7.67. The van der Waals surface area contributed by atoms with E-state index in [1.54, 1.807) is 0 Å². The molecular weight excluding hydrogens is 330 g/mol. The minimum atomic E-state index is -0.135. The van der Waals surface area contributed by atoms with Gasteiger partial charge in [0, 0.05) is 11.1 Å². The summed E-state index contributed by atoms with van der Waals surface area (Å²) in [5.41, 5.74) is 6.47. The van der Waals surface area contributed by atoms with Crippen molar-refractivity contribution in [3.63, 3.8) is 0 Å². The van der Waals surface area contributed by atoms with Crippen molar-refractivity contribution >= 4 is 17.2 Å². The van der Waals surface area contributed by atoms with Gasteiger partial charge in [-0.2, -0.15) is 0 Å². The average Bonchev–Trinajstić information content (AvgIpc) is 3.11. The predicted octanol–water partition coefficient (Wildman–Crippen LogP) is 6.11. The van der Waals surface area contributed by atoms with E-state index in [0.717, 1.165) is 33.5 Å². The first-order chi connectivity index (χ1) is 13.0. The van der Waals surface area contributed by atoms with Crippen molar-refractivity contribution in [2.24, 2.45) is 4.99 Å². The second-order valence-corrected chi connectivity index (χ2v) is 7.67. The Bertz CT molecular complexity index is 1010. The van der Waals surface area contributed by atoms with E-state index < -0.39 is 0 Å². The lowest BCUT2D eigenvalue weighted by atomic mass is 9.98. The van der Waals surface area contributed by atoms with Gasteiger partial charge in [0.25, 0.3) is 0 Å². The summed E-state index contributed by atoms with van der Waals surface area (Å²) >= 11 is 0. The zero-order valence-electron chi connectivity index (χ0n) is 15.9. The van der Waals surface area contributed by atoms with Crippen LogP contribution in [0.25, 0.3) is 33.3 Å². The molecule has 4 aromatic rings. The number of nitrogens with one attached hydrogen (secondary N) is 1. The first-order valence-electron chi connectivity index (χ1n) is 9.20. The van der Waals surface area contributed by atoms with Gasteiger partial charge in [0.15, 0.2) is 0 Å². The number of aromatic nitrogens is 2. The number of hydrogen-bond acceptors (Lipinski definition) is 2. The quantitative estimate of drug-likeness (QED) is 0.443. The predicted molar refractivity (Wildman–Crippen MR) is 114 cm³/mol. The van der Waals surface area contributed by atoms with E-state index in [-0.39, 0.29) is 5.54 Å². The molecule has 27 heavy (non-hydrogen) atoms. The van der Waals surface area contributed by atoms with Gasteiger partial charge in [0.2, 0.25) is 0 Å². The molecule has 0 radical (unpaired) electrons. The van der Waals surface area contributed by atoms with E-state index in [4.69, 9.17) is 4.98 Å². The van der Waals surface area contributed by atoms with Crippen molar-refractivity contribution < 1.29 is 0 Å². The Labute approximate surface area is 159 Å². The van der Waals surface area contributed by atoms with Crippen molar-refractivity contribution in [2.45, 2.75) is 26.3 Å². The number of aromatic amines is 1. The molecule has 1 aromatic heterocycles. The fourth-order valence-corrected chi connectivity index (χ4v) is 3.14. The molecular formula is C24H23N3. The Morgan fingerprint density at radius 3 is 1.93 bits per heavy atom. The van der Waals surface area contributed by atoms with E-state index >= 15 is 0 Å². The Balaban J connectivity index is 1.94. The normalized spacial score (nSPS) is 12.1. The van der Waals surface area contributed by atoms with Crippen LogP contribution in [0, 0.1) is 0 Å². The van der Waals surface area contributed by atoms with E-state index in [0.29, 0.717) is 0 Å². The van der Waals surface area contributed by atoms with Crippen molar-refractivity contribution in [3.05, 3.63) is 78.6 Å². The van der Waals surface area contributed by atoms with E-state index in [1.165, 1.54) is 5.56 Å². The lowest BCUT2D eigenvalue weighted by molar-refractivity contribution is 0.586. The summed E-state index contributed by atoms with van der Waals surface area (Å²) in [7, 11) is 0. The standard InChI is InChI=1S/C24H23N3/c1-24(2,3)25-16-21-26-22-19(17-10-6-4-7-11-17)14-15-20(23(22)27-21)18-12-8-5-9-13-18/h4-16H,1-3H3,(H,26,27). The zero-order chi connectivity index (χ0) is 18.9. The van der Waals surface area contributed by atoms with Crippen LogP contribution in [0.1, 0.15) is 26.6 Å². The summed E-state index contributed by atoms with van der Waals surface area (Å²) < 4.78 is 0. The lowest BCUT2D eigenvalue weighted by Gasteiger charge is -2.09. The van der Waals surface area contributed by atoms with Crippen LogP contribution in [0.3, 0.4) is 0 Å². The number of H-pyrrole nitrogens is 1. The molecule has 0 aliphatic rings. The van der Waals surface area contributed by atoms with Gasteiger partial charge >= 0.3 is 0 Å². The first-order valence-corrected chi connectivity index (χ1v) is 9.20. The van der Waals surface area contributed by atoms with Crippen LogP contribution >= 0.6 is 0 Å². The minimum Gasteiger partial charge on any atom is -0.337 e. The summed E-state index contributed by atoms with van der Waals surface area (Å²) in [4.78, 5) is 13.0. The topological polar surface area (TPSA) is 41.0 Å². The minimum absolute atomic E-state index is 0.135. The van der Waals surface area contributed by atoms with Gasteiger partial charge in [-0.1, -0.05) is 72.8 Å². The smallest absolute Gasteiger partial charge is 0.149 e. The van der Waals surface area contributed by atoms with Crippen molar-refractivity contribution in [2.75, 3.05) is 0 Å². The molecule has 0 unspecified atom stereocenters. The van der Waals surface area contributed by atoms with E-state index in [9.17, 15) is 0 Å². The molecule has 1 heterocycles. The van der Waals surface area contributed by atoms with E-state index in [2.05, 4.69) is 91.4 Å². The van der Waals surface area contributed by atoms with Crippen LogP contribution in [0.2, 0.25) is 0 Å². The average molecular weight is 353 g/mol. The summed E-state index contributed by atoms with van der Waals surface area (Å²) in [6, 6.07) is 25.1. The third-order valence-electron chi connectivity index (χ3n) is 4.41. The first kappa shape index (κ1) is 17.2. The lowest BCUT2D eigenvalue weighted by Crippen LogP contribution is -2.09. The number of rotatable bonds is 3. The third kappa shape index (κ3) is 3.68. The Morgan fingerprint density at radius 1 is 0.778 bits per heavy atom. The van der Waals surface area contributed by atoms with Crippen LogP contribution < -0.4 is 0 Å². The summed E-state index contributed by atoms with van der Waals surface area (Å²) in [6.07, 6.45) is 1.84. The molecule has 1 N–H and O–H groups in total. The molecule has 0 fully saturated rings. The number of imidazole rings is 1. The molecule has 3 aromatic carbocycles. The molecule has 0 aliphatic heterocycles. The number of benzene rings is 3. The van der Waals surface area contributed by atoms with E-state index in [1.807, 2.05) is 18.3 Å². The molecule has 0 saturated heterocycles. The SMILES string of the molecule is CC(C)(C)N=Cc1nc2c(-c3ccccc3)ccc(-c3ccccc3)c2[nH]1. The molecule has 134 valence electrons. The van der Waals surface area contributed by atoms with Crippen LogP contribution in [0.5, 0.6) is 0 Å². The van der Waals surface area contributed by atoms with Gasteiger partial charge in [-0.15, -0.1) is 0 Å². The zero-order valence-corrected chi connectivity index (χ0v) is 15.9. The molecule has 0 atom stereocenters. The van der Waals surface area contributed by atoms with Gasteiger partial charge < -0.3 is 4.98 Å². The number of aliphatic imine (C=N–C) groups is 1. The number of fused-ring (bicyclic) bond motifs is 1. The van der Waals surface area contributed by atoms with Crippen molar-refractivity contribution in [1.82, 2.24) is 9.97 Å². The highest BCUT2D eigenvalue weighted by atomic mass is 14.9. The number of nitrogens with zero attached hydrogens (tertiary/aromatic N) is 2. The highest BCUT2D eigenvalue weighted by molar-refractivity contribution is 6.02. The van der Waals surface area contributed by atoms with Gasteiger partial charge in [0.05, 0.1) is 22.8 Å². The van der Waals surface area contributed by atoms with Crippen LogP contribution in [-0.4, -0.2) is 21.7 Å². The highest BCUT2D eigenvalue weighted by Crippen LogP contribution is 2.34. The monoisotopic (exact) mass is 353 g/mol. The van der Waals surface area contributed by atoms with Crippen LogP contribution in [0.15, 0.2) is 77.8 Å². The van der Waals surface area contributed by atoms with Crippen LogP contribution in [0.4, 0.5) is 0 Å². The maximum Gasteiger partial charge on any atom is 0.149 e. The molecule has 0 spiro atoms. The second kappa shape index (κ2) is 6.84. The molecule has 0 amide bonds. The highest BCUT2D eigenvalue weighted by Gasteiger charge is 2.14. The summed E-state index contributed by atoms with van der Waals surface area (Å²) in [6.45, 7) is 6.24. The van der Waals surface area contributed by atoms with Gasteiger partial charge in [-0.05, 0) is 31.9 Å². The fraction of sp³-hybridized carbons (Fsp3) is 0.167. The maximum absolute atomic E-state index is 4.87. The Kier molecular flexibility index (Phi) is 4.36. The summed E-state index contributed by atoms with van der Waals surface area (Å²) in [5.74, 6) is 0.778. The van der Waals surface area contributed by atoms with Gasteiger partial charge in [-0.3, -0.25) is 4.99 Å². The molecule has 0 saturated carbocycles. The molecule has 3 heteroatoms. The molecule has 4 rings (SSSR count). The van der Waals surface area contributed by atoms with Crippen LogP contribution in [-0.2, 0) is 0 Å². The molecule has 0 bridgehead atoms. The number of hydrogen-bond donors (Lipinski definition) is 1.